The predicted octanol–water partition coefficient (Wildman–Crippen LogP) is 1.01. The van der Waals surface area contributed by atoms with Crippen LogP contribution in [-0.2, 0) is 13.0 Å². The first kappa shape index (κ1) is 11.2. The molecule has 0 radical (unpaired) electrons. The molecule has 2 rings (SSSR count). The summed E-state index contributed by atoms with van der Waals surface area (Å²) < 4.78 is 1.77. The van der Waals surface area contributed by atoms with Crippen molar-refractivity contribution in [2.24, 2.45) is 0 Å². The molecule has 0 spiro atoms. The minimum atomic E-state index is -0.379. The van der Waals surface area contributed by atoms with E-state index in [2.05, 4.69) is 15.3 Å². The quantitative estimate of drug-likeness (QED) is 0.863. The van der Waals surface area contributed by atoms with Gasteiger partial charge >= 0.3 is 0 Å². The zero-order valence-corrected chi connectivity index (χ0v) is 10.1. The summed E-state index contributed by atoms with van der Waals surface area (Å²) in [6.07, 6.45) is 3.88. The van der Waals surface area contributed by atoms with Crippen LogP contribution >= 0.6 is 11.3 Å². The van der Waals surface area contributed by atoms with E-state index in [9.17, 15) is 5.11 Å². The van der Waals surface area contributed by atoms with E-state index in [1.165, 1.54) is 0 Å². The molecule has 0 fully saturated rings. The highest BCUT2D eigenvalue weighted by Gasteiger charge is 2.05. The number of hydrogen-bond donors (Lipinski definition) is 1. The molecule has 0 amide bonds. The van der Waals surface area contributed by atoms with Gasteiger partial charge in [-0.3, -0.25) is 0 Å². The minimum Gasteiger partial charge on any atom is -0.393 e. The molecule has 2 aromatic rings. The number of nitrogens with zero attached hydrogens (tertiary/aromatic N) is 4. The van der Waals surface area contributed by atoms with Gasteiger partial charge in [-0.2, -0.15) is 0 Å². The summed E-state index contributed by atoms with van der Waals surface area (Å²) in [5.41, 5.74) is 0.816. The van der Waals surface area contributed by atoms with Crippen LogP contribution in [0.3, 0.4) is 0 Å². The summed E-state index contributed by atoms with van der Waals surface area (Å²) >= 11 is 1.66. The van der Waals surface area contributed by atoms with Gasteiger partial charge in [0, 0.05) is 23.7 Å². The molecule has 0 aromatic carbocycles. The number of thiazole rings is 1. The largest absolute Gasteiger partial charge is 0.393 e. The summed E-state index contributed by atoms with van der Waals surface area (Å²) in [4.78, 5) is 5.34. The number of rotatable bonds is 4. The van der Waals surface area contributed by atoms with Crippen molar-refractivity contribution in [3.8, 4) is 0 Å². The molecule has 86 valence electrons. The maximum atomic E-state index is 9.22. The van der Waals surface area contributed by atoms with Crippen molar-refractivity contribution in [2.45, 2.75) is 32.9 Å². The molecular weight excluding hydrogens is 224 g/mol. The van der Waals surface area contributed by atoms with Crippen molar-refractivity contribution < 1.29 is 5.11 Å². The highest BCUT2D eigenvalue weighted by atomic mass is 32.1. The van der Waals surface area contributed by atoms with E-state index in [1.807, 2.05) is 19.3 Å². The van der Waals surface area contributed by atoms with Crippen molar-refractivity contribution in [2.75, 3.05) is 0 Å². The third kappa shape index (κ3) is 2.86. The van der Waals surface area contributed by atoms with Crippen molar-refractivity contribution in [1.82, 2.24) is 20.0 Å². The topological polar surface area (TPSA) is 63.8 Å². The molecule has 0 bridgehead atoms. The molecule has 5 nitrogen and oxygen atoms in total. The SMILES string of the molecule is Cc1ncc(Cn2cc(CC(C)O)nn2)s1. The van der Waals surface area contributed by atoms with E-state index < -0.39 is 0 Å². The van der Waals surface area contributed by atoms with Crippen LogP contribution in [0.5, 0.6) is 0 Å². The Hall–Kier alpha value is -1.27. The molecule has 0 aliphatic carbocycles. The molecule has 0 aliphatic rings. The monoisotopic (exact) mass is 238 g/mol. The number of aryl methyl sites for hydroxylation is 1. The molecule has 2 aromatic heterocycles. The average molecular weight is 238 g/mol. The maximum absolute atomic E-state index is 9.22. The molecule has 6 heteroatoms. The summed E-state index contributed by atoms with van der Waals surface area (Å²) in [6, 6.07) is 0. The predicted molar refractivity (Wildman–Crippen MR) is 61.4 cm³/mol. The van der Waals surface area contributed by atoms with Gasteiger partial charge in [0.05, 0.1) is 23.4 Å². The van der Waals surface area contributed by atoms with Crippen molar-refractivity contribution in [3.63, 3.8) is 0 Å². The Morgan fingerprint density at radius 3 is 3.00 bits per heavy atom. The van der Waals surface area contributed by atoms with Gasteiger partial charge < -0.3 is 5.11 Å². The zero-order valence-electron chi connectivity index (χ0n) is 9.29. The lowest BCUT2D eigenvalue weighted by Crippen LogP contribution is -2.04. The van der Waals surface area contributed by atoms with E-state index in [0.717, 1.165) is 15.6 Å². The van der Waals surface area contributed by atoms with Gasteiger partial charge in [-0.1, -0.05) is 5.21 Å². The van der Waals surface area contributed by atoms with Gasteiger partial charge in [0.25, 0.3) is 0 Å². The van der Waals surface area contributed by atoms with Crippen molar-refractivity contribution >= 4 is 11.3 Å². The highest BCUT2D eigenvalue weighted by Crippen LogP contribution is 2.12. The number of aliphatic hydroxyl groups excluding tert-OH is 1. The summed E-state index contributed by atoms with van der Waals surface area (Å²) in [7, 11) is 0. The van der Waals surface area contributed by atoms with Crippen LogP contribution in [0.4, 0.5) is 0 Å². The van der Waals surface area contributed by atoms with Crippen LogP contribution in [0.2, 0.25) is 0 Å². The zero-order chi connectivity index (χ0) is 11.5. The maximum Gasteiger partial charge on any atom is 0.0897 e. The molecule has 0 saturated heterocycles. The smallest absolute Gasteiger partial charge is 0.0897 e. The van der Waals surface area contributed by atoms with Crippen LogP contribution in [-0.4, -0.2) is 31.2 Å². The Morgan fingerprint density at radius 1 is 1.56 bits per heavy atom. The Balaban J connectivity index is 2.02. The summed E-state index contributed by atoms with van der Waals surface area (Å²) in [5.74, 6) is 0. The lowest BCUT2D eigenvalue weighted by Gasteiger charge is -1.97. The van der Waals surface area contributed by atoms with E-state index >= 15 is 0 Å². The second-order valence-electron chi connectivity index (χ2n) is 3.81. The van der Waals surface area contributed by atoms with E-state index in [1.54, 1.807) is 22.9 Å². The van der Waals surface area contributed by atoms with Gasteiger partial charge in [-0.25, -0.2) is 9.67 Å². The number of hydrogen-bond acceptors (Lipinski definition) is 5. The van der Waals surface area contributed by atoms with Gasteiger partial charge in [0.15, 0.2) is 0 Å². The standard InChI is InChI=1S/C10H14N4OS/c1-7(15)3-9-5-14(13-12-9)6-10-4-11-8(2)16-10/h4-5,7,15H,3,6H2,1-2H3. The third-order valence-electron chi connectivity index (χ3n) is 2.08. The van der Waals surface area contributed by atoms with E-state index in [4.69, 9.17) is 0 Å². The Morgan fingerprint density at radius 2 is 2.38 bits per heavy atom. The molecule has 1 N–H and O–H groups in total. The minimum absolute atomic E-state index is 0.379. The fraction of sp³-hybridized carbons (Fsp3) is 0.500. The molecule has 1 unspecified atom stereocenters. The van der Waals surface area contributed by atoms with E-state index in [-0.39, 0.29) is 6.10 Å². The number of aromatic nitrogens is 4. The molecule has 16 heavy (non-hydrogen) atoms. The molecule has 0 aliphatic heterocycles. The molecule has 1 atom stereocenters. The van der Waals surface area contributed by atoms with Gasteiger partial charge in [-0.05, 0) is 13.8 Å². The van der Waals surface area contributed by atoms with Gasteiger partial charge in [-0.15, -0.1) is 16.4 Å². The van der Waals surface area contributed by atoms with Gasteiger partial charge in [0.2, 0.25) is 0 Å². The summed E-state index contributed by atoms with van der Waals surface area (Å²) in [6.45, 7) is 4.41. The highest BCUT2D eigenvalue weighted by molar-refractivity contribution is 7.11. The Kier molecular flexibility index (Phi) is 3.31. The fourth-order valence-electron chi connectivity index (χ4n) is 1.45. The van der Waals surface area contributed by atoms with Gasteiger partial charge in [0.1, 0.15) is 0 Å². The first-order chi connectivity index (χ1) is 7.63. The second-order valence-corrected chi connectivity index (χ2v) is 5.13. The van der Waals surface area contributed by atoms with E-state index in [0.29, 0.717) is 13.0 Å². The Bertz CT molecular complexity index is 463. The average Bonchev–Trinajstić information content (AvgIpc) is 2.76. The fourth-order valence-corrected chi connectivity index (χ4v) is 2.24. The molecule has 2 heterocycles. The molecule has 0 saturated carbocycles. The number of aliphatic hydroxyl groups is 1. The van der Waals surface area contributed by atoms with Crippen LogP contribution in [0.1, 0.15) is 22.5 Å². The molecular formula is C10H14N4OS. The second kappa shape index (κ2) is 4.71. The van der Waals surface area contributed by atoms with Crippen molar-refractivity contribution in [1.29, 1.82) is 0 Å². The van der Waals surface area contributed by atoms with Crippen LogP contribution < -0.4 is 0 Å². The lowest BCUT2D eigenvalue weighted by molar-refractivity contribution is 0.194. The van der Waals surface area contributed by atoms with Crippen molar-refractivity contribution in [3.05, 3.63) is 28.0 Å². The normalized spacial score (nSPS) is 12.9. The lowest BCUT2D eigenvalue weighted by atomic mass is 10.2. The van der Waals surface area contributed by atoms with Crippen LogP contribution in [0, 0.1) is 6.92 Å². The first-order valence-corrected chi connectivity index (χ1v) is 5.93. The first-order valence-electron chi connectivity index (χ1n) is 5.12. The third-order valence-corrected chi connectivity index (χ3v) is 2.98. The van der Waals surface area contributed by atoms with Crippen LogP contribution in [0.15, 0.2) is 12.4 Å². The summed E-state index contributed by atoms with van der Waals surface area (Å²) in [5, 5.41) is 18.3. The Labute approximate surface area is 97.8 Å². The van der Waals surface area contributed by atoms with Crippen LogP contribution in [0.25, 0.3) is 0 Å².